The van der Waals surface area contributed by atoms with Crippen molar-refractivity contribution >= 4 is 17.6 Å². The first-order valence-electron chi connectivity index (χ1n) is 11.5. The van der Waals surface area contributed by atoms with Gasteiger partial charge in [0.2, 0.25) is 0 Å². The number of esters is 2. The van der Waals surface area contributed by atoms with Crippen LogP contribution in [-0.2, 0) is 25.2 Å². The molecular weight excluding hydrogens is 487 g/mol. The van der Waals surface area contributed by atoms with E-state index >= 15 is 0 Å². The van der Waals surface area contributed by atoms with Crippen LogP contribution in [0.2, 0.25) is 0 Å². The minimum atomic E-state index is -4.61. The molecule has 1 aliphatic heterocycles. The van der Waals surface area contributed by atoms with Crippen LogP contribution in [-0.4, -0.2) is 32.2 Å². The van der Waals surface area contributed by atoms with E-state index in [9.17, 15) is 28.0 Å². The summed E-state index contributed by atoms with van der Waals surface area (Å²) in [5, 5.41) is 12.1. The Morgan fingerprint density at radius 2 is 1.62 bits per heavy atom. The largest absolute Gasteiger partial charge is 0.463 e. The molecule has 3 rings (SSSR count). The maximum Gasteiger partial charge on any atom is 0.416 e. The number of allylic oxidation sites excluding steroid dienone is 1. The van der Waals surface area contributed by atoms with Crippen molar-refractivity contribution < 1.29 is 32.2 Å². The van der Waals surface area contributed by atoms with Crippen LogP contribution < -0.4 is 10.2 Å². The van der Waals surface area contributed by atoms with Gasteiger partial charge in [0.15, 0.2) is 0 Å². The number of halogens is 3. The Morgan fingerprint density at radius 3 is 2.14 bits per heavy atom. The van der Waals surface area contributed by atoms with E-state index in [1.54, 1.807) is 45.0 Å². The SMILES string of the molecule is CCOC(=O)C1=C(C)N(c2cccc(C(F)(F)F)c2)C(NC)=C(C(=O)OCC)C1c1ccc(C#N)cc1. The lowest BCUT2D eigenvalue weighted by Gasteiger charge is -2.38. The molecule has 10 heteroatoms. The Kier molecular flexibility index (Phi) is 8.28. The maximum absolute atomic E-state index is 13.5. The highest BCUT2D eigenvalue weighted by Gasteiger charge is 2.42. The summed E-state index contributed by atoms with van der Waals surface area (Å²) in [6.45, 7) is 4.88. The van der Waals surface area contributed by atoms with E-state index in [0.29, 0.717) is 11.1 Å². The van der Waals surface area contributed by atoms with E-state index in [4.69, 9.17) is 9.47 Å². The van der Waals surface area contributed by atoms with Crippen LogP contribution in [0.3, 0.4) is 0 Å². The maximum atomic E-state index is 13.5. The molecule has 0 bridgehead atoms. The molecule has 37 heavy (non-hydrogen) atoms. The van der Waals surface area contributed by atoms with Crippen LogP contribution in [0.5, 0.6) is 0 Å². The number of hydrogen-bond acceptors (Lipinski definition) is 7. The van der Waals surface area contributed by atoms with Crippen LogP contribution in [0.25, 0.3) is 0 Å². The molecule has 0 saturated heterocycles. The molecule has 0 aromatic heterocycles. The van der Waals surface area contributed by atoms with Crippen LogP contribution >= 0.6 is 0 Å². The summed E-state index contributed by atoms with van der Waals surface area (Å²) in [7, 11) is 1.52. The molecule has 1 aliphatic rings. The fourth-order valence-corrected chi connectivity index (χ4v) is 4.27. The van der Waals surface area contributed by atoms with Crippen molar-refractivity contribution in [3.05, 3.63) is 87.9 Å². The zero-order valence-electron chi connectivity index (χ0n) is 20.8. The van der Waals surface area contributed by atoms with Gasteiger partial charge >= 0.3 is 18.1 Å². The Bertz CT molecular complexity index is 1290. The fourth-order valence-electron chi connectivity index (χ4n) is 4.27. The summed E-state index contributed by atoms with van der Waals surface area (Å²) < 4.78 is 51.3. The van der Waals surface area contributed by atoms with Gasteiger partial charge in [-0.1, -0.05) is 18.2 Å². The Hall–Kier alpha value is -4.26. The van der Waals surface area contributed by atoms with Gasteiger partial charge in [0.05, 0.1) is 47.5 Å². The molecule has 1 N–H and O–H groups in total. The zero-order chi connectivity index (χ0) is 27.3. The molecule has 0 radical (unpaired) electrons. The molecule has 1 heterocycles. The van der Waals surface area contributed by atoms with Crippen LogP contribution in [0.1, 0.15) is 43.4 Å². The molecule has 0 amide bonds. The number of nitrogens with one attached hydrogen (secondary N) is 1. The van der Waals surface area contributed by atoms with Gasteiger partial charge in [0.25, 0.3) is 0 Å². The van der Waals surface area contributed by atoms with E-state index in [1.807, 2.05) is 6.07 Å². The van der Waals surface area contributed by atoms with Gasteiger partial charge in [-0.2, -0.15) is 18.4 Å². The van der Waals surface area contributed by atoms with Gasteiger partial charge in [-0.05, 0) is 56.7 Å². The topological polar surface area (TPSA) is 91.7 Å². The summed E-state index contributed by atoms with van der Waals surface area (Å²) in [5.41, 5.74) is 0.409. The van der Waals surface area contributed by atoms with E-state index in [2.05, 4.69) is 5.32 Å². The Labute approximate surface area is 212 Å². The number of carbonyl (C=O) groups excluding carboxylic acids is 2. The van der Waals surface area contributed by atoms with Gasteiger partial charge in [0, 0.05) is 18.4 Å². The zero-order valence-corrected chi connectivity index (χ0v) is 20.8. The summed E-state index contributed by atoms with van der Waals surface area (Å²) in [6, 6.07) is 12.9. The highest BCUT2D eigenvalue weighted by molar-refractivity contribution is 6.01. The smallest absolute Gasteiger partial charge is 0.416 e. The summed E-state index contributed by atoms with van der Waals surface area (Å²) in [6.07, 6.45) is -4.61. The van der Waals surface area contributed by atoms with Gasteiger partial charge in [-0.15, -0.1) is 0 Å². The minimum Gasteiger partial charge on any atom is -0.463 e. The van der Waals surface area contributed by atoms with Crippen molar-refractivity contribution in [2.75, 3.05) is 25.2 Å². The number of nitriles is 1. The Balaban J connectivity index is 2.38. The third-order valence-electron chi connectivity index (χ3n) is 5.81. The number of anilines is 1. The number of benzene rings is 2. The predicted molar refractivity (Wildman–Crippen MR) is 130 cm³/mol. The molecule has 0 aliphatic carbocycles. The van der Waals surface area contributed by atoms with Gasteiger partial charge in [-0.3, -0.25) is 4.90 Å². The summed E-state index contributed by atoms with van der Waals surface area (Å²) in [4.78, 5) is 28.0. The highest BCUT2D eigenvalue weighted by Crippen LogP contribution is 2.44. The third-order valence-corrected chi connectivity index (χ3v) is 5.81. The second-order valence-corrected chi connectivity index (χ2v) is 8.00. The van der Waals surface area contributed by atoms with Crippen molar-refractivity contribution in [2.45, 2.75) is 32.9 Å². The molecule has 2 aromatic carbocycles. The monoisotopic (exact) mass is 513 g/mol. The Morgan fingerprint density at radius 1 is 1.03 bits per heavy atom. The third kappa shape index (κ3) is 5.45. The molecule has 0 spiro atoms. The van der Waals surface area contributed by atoms with E-state index in [0.717, 1.165) is 12.1 Å². The van der Waals surface area contributed by atoms with Crippen LogP contribution in [0, 0.1) is 11.3 Å². The minimum absolute atomic E-state index is 0.0140. The predicted octanol–water partition coefficient (Wildman–Crippen LogP) is 5.01. The van der Waals surface area contributed by atoms with Crippen molar-refractivity contribution in [3.8, 4) is 6.07 Å². The molecule has 194 valence electrons. The van der Waals surface area contributed by atoms with E-state index < -0.39 is 29.6 Å². The summed E-state index contributed by atoms with van der Waals surface area (Å²) >= 11 is 0. The normalized spacial score (nSPS) is 15.8. The number of nitrogens with zero attached hydrogens (tertiary/aromatic N) is 2. The van der Waals surface area contributed by atoms with Gasteiger partial charge in [-0.25, -0.2) is 9.59 Å². The number of carbonyl (C=O) groups is 2. The fraction of sp³-hybridized carbons (Fsp3) is 0.296. The first-order chi connectivity index (χ1) is 17.6. The number of alkyl halides is 3. The lowest BCUT2D eigenvalue weighted by molar-refractivity contribution is -0.140. The number of ether oxygens (including phenoxy) is 2. The highest BCUT2D eigenvalue weighted by atomic mass is 19.4. The standard InChI is InChI=1S/C27H26F3N3O4/c1-5-36-25(34)21-16(3)33(20-9-7-8-19(14-20)27(28,29)30)24(32-4)23(26(35)37-6-2)22(21)18-12-10-17(15-31)11-13-18/h7-14,22,32H,5-6H2,1-4H3. The van der Waals surface area contributed by atoms with Crippen molar-refractivity contribution in [1.29, 1.82) is 5.26 Å². The number of hydrogen-bond donors (Lipinski definition) is 1. The average Bonchev–Trinajstić information content (AvgIpc) is 2.87. The van der Waals surface area contributed by atoms with Crippen molar-refractivity contribution in [1.82, 2.24) is 5.32 Å². The van der Waals surface area contributed by atoms with Crippen LogP contribution in [0.4, 0.5) is 18.9 Å². The first-order valence-corrected chi connectivity index (χ1v) is 11.5. The van der Waals surface area contributed by atoms with E-state index in [1.165, 1.54) is 24.1 Å². The van der Waals surface area contributed by atoms with Crippen molar-refractivity contribution in [2.24, 2.45) is 0 Å². The molecule has 2 aromatic rings. The van der Waals surface area contributed by atoms with E-state index in [-0.39, 0.29) is 41.6 Å². The number of rotatable bonds is 7. The molecule has 1 unspecified atom stereocenters. The molecule has 7 nitrogen and oxygen atoms in total. The van der Waals surface area contributed by atoms with Gasteiger partial charge in [0.1, 0.15) is 5.82 Å². The quantitative estimate of drug-likeness (QED) is 0.521. The lowest BCUT2D eigenvalue weighted by atomic mass is 9.80. The molecule has 0 fully saturated rings. The van der Waals surface area contributed by atoms with Gasteiger partial charge < -0.3 is 14.8 Å². The lowest BCUT2D eigenvalue weighted by Crippen LogP contribution is -2.40. The second kappa shape index (κ2) is 11.2. The van der Waals surface area contributed by atoms with Crippen molar-refractivity contribution in [3.63, 3.8) is 0 Å². The second-order valence-electron chi connectivity index (χ2n) is 8.00. The first kappa shape index (κ1) is 27.3. The summed E-state index contributed by atoms with van der Waals surface area (Å²) in [5.74, 6) is -2.32. The molecule has 0 saturated carbocycles. The molecular formula is C27H26F3N3O4. The van der Waals surface area contributed by atoms with Crippen LogP contribution in [0.15, 0.2) is 71.2 Å². The average molecular weight is 514 g/mol. The molecule has 1 atom stereocenters.